The van der Waals surface area contributed by atoms with Crippen molar-refractivity contribution in [2.45, 2.75) is 59.0 Å². The van der Waals surface area contributed by atoms with Gasteiger partial charge in [-0.1, -0.05) is 27.7 Å². The summed E-state index contributed by atoms with van der Waals surface area (Å²) in [5.74, 6) is -0.180. The largest absolute Gasteiger partial charge is 0.344 e. The lowest BCUT2D eigenvalue weighted by Gasteiger charge is -2.22. The van der Waals surface area contributed by atoms with Crippen LogP contribution in [0.25, 0.3) is 0 Å². The maximum atomic E-state index is 12.6. The van der Waals surface area contributed by atoms with Crippen LogP contribution in [0.15, 0.2) is 24.3 Å². The lowest BCUT2D eigenvalue weighted by Crippen LogP contribution is -2.47. The van der Waals surface area contributed by atoms with Gasteiger partial charge in [0.05, 0.1) is 0 Å². The highest BCUT2D eigenvalue weighted by Crippen LogP contribution is 2.19. The summed E-state index contributed by atoms with van der Waals surface area (Å²) in [6.07, 6.45) is 2.45. The first-order chi connectivity index (χ1) is 12.7. The van der Waals surface area contributed by atoms with Crippen molar-refractivity contribution in [1.29, 1.82) is 0 Å². The lowest BCUT2D eigenvalue weighted by atomic mass is 10.0. The number of carbonyl (C=O) groups is 3. The maximum absolute atomic E-state index is 12.6. The van der Waals surface area contributed by atoms with Crippen molar-refractivity contribution in [2.24, 2.45) is 11.8 Å². The van der Waals surface area contributed by atoms with Gasteiger partial charge in [-0.3, -0.25) is 9.59 Å². The van der Waals surface area contributed by atoms with Gasteiger partial charge in [-0.2, -0.15) is 0 Å². The highest BCUT2D eigenvalue weighted by atomic mass is 16.2. The third-order valence-corrected chi connectivity index (χ3v) is 4.18. The van der Waals surface area contributed by atoms with Crippen molar-refractivity contribution in [2.75, 3.05) is 10.6 Å². The van der Waals surface area contributed by atoms with Gasteiger partial charge in [0.25, 0.3) is 0 Å². The molecule has 7 heteroatoms. The monoisotopic (exact) mass is 374 g/mol. The van der Waals surface area contributed by atoms with E-state index in [1.165, 1.54) is 0 Å². The number of benzene rings is 1. The molecule has 27 heavy (non-hydrogen) atoms. The van der Waals surface area contributed by atoms with Crippen LogP contribution in [0.1, 0.15) is 47.0 Å². The zero-order chi connectivity index (χ0) is 20.0. The topological polar surface area (TPSA) is 99.3 Å². The van der Waals surface area contributed by atoms with Gasteiger partial charge in [0, 0.05) is 23.8 Å². The van der Waals surface area contributed by atoms with E-state index in [0.717, 1.165) is 12.8 Å². The van der Waals surface area contributed by atoms with E-state index in [-0.39, 0.29) is 29.7 Å². The molecule has 0 saturated heterocycles. The average Bonchev–Trinajstić information content (AvgIpc) is 3.37. The zero-order valence-corrected chi connectivity index (χ0v) is 16.5. The molecule has 1 fully saturated rings. The van der Waals surface area contributed by atoms with Crippen LogP contribution >= 0.6 is 0 Å². The molecular formula is C20H30N4O3. The van der Waals surface area contributed by atoms with Crippen molar-refractivity contribution >= 4 is 29.2 Å². The Balaban J connectivity index is 1.89. The summed E-state index contributed by atoms with van der Waals surface area (Å²) in [4.78, 5) is 36.3. The van der Waals surface area contributed by atoms with Crippen molar-refractivity contribution in [3.63, 3.8) is 0 Å². The van der Waals surface area contributed by atoms with E-state index in [0.29, 0.717) is 23.8 Å². The summed E-state index contributed by atoms with van der Waals surface area (Å²) in [7, 11) is 0. The Morgan fingerprint density at radius 3 is 2.00 bits per heavy atom. The average molecular weight is 374 g/mol. The SMILES string of the molecule is CC(C)CC(=O)NC(C(=O)Nc1ccc(NC(=O)NC2CC2)cc1)C(C)C. The molecule has 1 aliphatic carbocycles. The first-order valence-corrected chi connectivity index (χ1v) is 9.52. The molecule has 1 aromatic rings. The molecule has 4 amide bonds. The molecule has 0 spiro atoms. The van der Waals surface area contributed by atoms with Crippen LogP contribution in [0.4, 0.5) is 16.2 Å². The van der Waals surface area contributed by atoms with E-state index in [2.05, 4.69) is 21.3 Å². The number of nitrogens with one attached hydrogen (secondary N) is 4. The molecule has 4 N–H and O–H groups in total. The van der Waals surface area contributed by atoms with Crippen LogP contribution in [0.2, 0.25) is 0 Å². The molecule has 2 rings (SSSR count). The number of rotatable bonds is 8. The molecule has 148 valence electrons. The first-order valence-electron chi connectivity index (χ1n) is 9.52. The molecule has 1 aliphatic rings. The molecule has 0 aromatic heterocycles. The molecular weight excluding hydrogens is 344 g/mol. The lowest BCUT2D eigenvalue weighted by molar-refractivity contribution is -0.127. The number of urea groups is 1. The highest BCUT2D eigenvalue weighted by Gasteiger charge is 2.25. The summed E-state index contributed by atoms with van der Waals surface area (Å²) in [6, 6.07) is 6.37. The number of hydrogen-bond donors (Lipinski definition) is 4. The Bertz CT molecular complexity index is 666. The smallest absolute Gasteiger partial charge is 0.319 e. The van der Waals surface area contributed by atoms with Gasteiger partial charge in [0.2, 0.25) is 11.8 Å². The van der Waals surface area contributed by atoms with E-state index >= 15 is 0 Å². The standard InChI is InChI=1S/C20H30N4O3/c1-12(2)11-17(25)24-18(13(3)4)19(26)21-14-5-7-15(8-6-14)22-20(27)23-16-9-10-16/h5-8,12-13,16,18H,9-11H2,1-4H3,(H,21,26)(H,24,25)(H2,22,23,27). The fraction of sp³-hybridized carbons (Fsp3) is 0.550. The minimum atomic E-state index is -0.599. The van der Waals surface area contributed by atoms with Crippen LogP contribution in [0, 0.1) is 11.8 Å². The predicted octanol–water partition coefficient (Wildman–Crippen LogP) is 3.10. The Hall–Kier alpha value is -2.57. The van der Waals surface area contributed by atoms with Crippen molar-refractivity contribution < 1.29 is 14.4 Å². The predicted molar refractivity (Wildman–Crippen MR) is 106 cm³/mol. The van der Waals surface area contributed by atoms with Crippen LogP contribution in [0.3, 0.4) is 0 Å². The van der Waals surface area contributed by atoms with Gasteiger partial charge in [-0.25, -0.2) is 4.79 Å². The Morgan fingerprint density at radius 2 is 1.52 bits per heavy atom. The molecule has 0 heterocycles. The van der Waals surface area contributed by atoms with Crippen molar-refractivity contribution in [1.82, 2.24) is 10.6 Å². The molecule has 0 bridgehead atoms. The number of carbonyl (C=O) groups excluding carboxylic acids is 3. The van der Waals surface area contributed by atoms with Crippen LogP contribution in [-0.2, 0) is 9.59 Å². The second kappa shape index (κ2) is 9.39. The normalized spacial score (nSPS) is 14.6. The Morgan fingerprint density at radius 1 is 0.963 bits per heavy atom. The van der Waals surface area contributed by atoms with Gasteiger partial charge in [0.15, 0.2) is 0 Å². The van der Waals surface area contributed by atoms with Crippen LogP contribution in [-0.4, -0.2) is 29.9 Å². The zero-order valence-electron chi connectivity index (χ0n) is 16.5. The van der Waals surface area contributed by atoms with Gasteiger partial charge in [-0.15, -0.1) is 0 Å². The van der Waals surface area contributed by atoms with Gasteiger partial charge >= 0.3 is 6.03 Å². The fourth-order valence-electron chi connectivity index (χ4n) is 2.58. The van der Waals surface area contributed by atoms with E-state index < -0.39 is 6.04 Å². The van der Waals surface area contributed by atoms with Crippen molar-refractivity contribution in [3.05, 3.63) is 24.3 Å². The third-order valence-electron chi connectivity index (χ3n) is 4.18. The minimum absolute atomic E-state index is 0.0341. The maximum Gasteiger partial charge on any atom is 0.319 e. The van der Waals surface area contributed by atoms with Crippen LogP contribution in [0.5, 0.6) is 0 Å². The van der Waals surface area contributed by atoms with Gasteiger partial charge < -0.3 is 21.3 Å². The summed E-state index contributed by atoms with van der Waals surface area (Å²) < 4.78 is 0. The molecule has 1 saturated carbocycles. The summed E-state index contributed by atoms with van der Waals surface area (Å²) in [5, 5.41) is 11.2. The minimum Gasteiger partial charge on any atom is -0.344 e. The molecule has 1 unspecified atom stereocenters. The number of hydrogen-bond acceptors (Lipinski definition) is 3. The summed E-state index contributed by atoms with van der Waals surface area (Å²) >= 11 is 0. The second-order valence-corrected chi connectivity index (χ2v) is 7.83. The summed E-state index contributed by atoms with van der Waals surface area (Å²) in [5.41, 5.74) is 1.26. The Kier molecular flexibility index (Phi) is 7.21. The van der Waals surface area contributed by atoms with Crippen LogP contribution < -0.4 is 21.3 Å². The molecule has 1 aromatic carbocycles. The fourth-order valence-corrected chi connectivity index (χ4v) is 2.58. The van der Waals surface area contributed by atoms with Crippen molar-refractivity contribution in [3.8, 4) is 0 Å². The Labute approximate surface area is 160 Å². The highest BCUT2D eigenvalue weighted by molar-refractivity contribution is 5.97. The first kappa shape index (κ1) is 20.7. The number of anilines is 2. The third kappa shape index (κ3) is 7.29. The number of amides is 4. The molecule has 0 aliphatic heterocycles. The van der Waals surface area contributed by atoms with E-state index in [9.17, 15) is 14.4 Å². The quantitative estimate of drug-likeness (QED) is 0.563. The van der Waals surface area contributed by atoms with E-state index in [4.69, 9.17) is 0 Å². The van der Waals surface area contributed by atoms with E-state index in [1.807, 2.05) is 27.7 Å². The molecule has 0 radical (unpaired) electrons. The van der Waals surface area contributed by atoms with Gasteiger partial charge in [0.1, 0.15) is 6.04 Å². The molecule has 1 atom stereocenters. The molecule has 7 nitrogen and oxygen atoms in total. The summed E-state index contributed by atoms with van der Waals surface area (Å²) in [6.45, 7) is 7.71. The van der Waals surface area contributed by atoms with Gasteiger partial charge in [-0.05, 0) is 48.9 Å². The second-order valence-electron chi connectivity index (χ2n) is 7.83. The van der Waals surface area contributed by atoms with E-state index in [1.54, 1.807) is 24.3 Å².